The van der Waals surface area contributed by atoms with Gasteiger partial charge in [0.2, 0.25) is 5.91 Å². The molecule has 0 atom stereocenters. The highest BCUT2D eigenvalue weighted by molar-refractivity contribution is 5.91. The minimum Gasteiger partial charge on any atom is -0.478 e. The third-order valence-corrected chi connectivity index (χ3v) is 3.84. The molecule has 25 heavy (non-hydrogen) atoms. The van der Waals surface area contributed by atoms with Crippen molar-refractivity contribution < 1.29 is 14.7 Å². The van der Waals surface area contributed by atoms with Crippen LogP contribution in [0.5, 0.6) is 0 Å². The first kappa shape index (κ1) is 18.5. The molecule has 2 N–H and O–H groups in total. The maximum Gasteiger partial charge on any atom is 0.335 e. The fourth-order valence-corrected chi connectivity index (χ4v) is 2.33. The number of carboxylic acid groups (broad SMARTS) is 1. The van der Waals surface area contributed by atoms with E-state index < -0.39 is 5.97 Å². The summed E-state index contributed by atoms with van der Waals surface area (Å²) >= 11 is 0. The molecule has 0 aliphatic rings. The van der Waals surface area contributed by atoms with Crippen LogP contribution in [0.1, 0.15) is 47.8 Å². The van der Waals surface area contributed by atoms with Crippen LogP contribution >= 0.6 is 0 Å². The zero-order valence-electron chi connectivity index (χ0n) is 14.7. The summed E-state index contributed by atoms with van der Waals surface area (Å²) in [6.07, 6.45) is 3.24. The Morgan fingerprint density at radius 2 is 1.76 bits per heavy atom. The van der Waals surface area contributed by atoms with Gasteiger partial charge in [-0.05, 0) is 40.3 Å². The zero-order chi connectivity index (χ0) is 18.4. The number of carboxylic acids is 1. The van der Waals surface area contributed by atoms with Gasteiger partial charge in [-0.15, -0.1) is 0 Å². The van der Waals surface area contributed by atoms with Gasteiger partial charge in [0.1, 0.15) is 0 Å². The van der Waals surface area contributed by atoms with Crippen molar-refractivity contribution in [3.05, 3.63) is 76.9 Å². The molecule has 0 aliphatic heterocycles. The van der Waals surface area contributed by atoms with Crippen molar-refractivity contribution in [2.75, 3.05) is 0 Å². The van der Waals surface area contributed by atoms with Crippen LogP contribution in [0, 0.1) is 0 Å². The minimum absolute atomic E-state index is 0.101. The fraction of sp³-hybridized carbons (Fsp3) is 0.238. The van der Waals surface area contributed by atoms with Gasteiger partial charge in [-0.2, -0.15) is 0 Å². The highest BCUT2D eigenvalue weighted by Gasteiger charge is 2.12. The molecule has 4 nitrogen and oxygen atoms in total. The molecule has 4 heteroatoms. The van der Waals surface area contributed by atoms with Crippen LogP contribution in [0.4, 0.5) is 0 Å². The number of carbonyl (C=O) groups is 2. The number of amides is 1. The average molecular weight is 337 g/mol. The number of rotatable bonds is 5. The summed E-state index contributed by atoms with van der Waals surface area (Å²) in [5.41, 5.74) is 3.25. The Morgan fingerprint density at radius 3 is 2.36 bits per heavy atom. The highest BCUT2D eigenvalue weighted by Crippen LogP contribution is 2.22. The Labute approximate surface area is 148 Å². The Kier molecular flexibility index (Phi) is 5.75. The molecule has 0 aromatic heterocycles. The Hall–Kier alpha value is -2.88. The highest BCUT2D eigenvalue weighted by atomic mass is 16.4. The van der Waals surface area contributed by atoms with E-state index in [1.165, 1.54) is 17.7 Å². The van der Waals surface area contributed by atoms with Crippen LogP contribution in [0.15, 0.2) is 54.6 Å². The summed E-state index contributed by atoms with van der Waals surface area (Å²) in [4.78, 5) is 22.9. The molecule has 0 saturated carbocycles. The van der Waals surface area contributed by atoms with Gasteiger partial charge in [0.05, 0.1) is 5.56 Å². The topological polar surface area (TPSA) is 66.4 Å². The van der Waals surface area contributed by atoms with E-state index in [2.05, 4.69) is 38.2 Å². The average Bonchev–Trinajstić information content (AvgIpc) is 2.58. The smallest absolute Gasteiger partial charge is 0.335 e. The number of carbonyl (C=O) groups excluding carboxylic acids is 1. The lowest BCUT2D eigenvalue weighted by Crippen LogP contribution is -2.20. The summed E-state index contributed by atoms with van der Waals surface area (Å²) in [5, 5.41) is 11.7. The number of nitrogens with one attached hydrogen (secondary N) is 1. The van der Waals surface area contributed by atoms with Gasteiger partial charge in [0.25, 0.3) is 0 Å². The number of aromatic carboxylic acids is 1. The van der Waals surface area contributed by atoms with Crippen LogP contribution in [0.25, 0.3) is 6.08 Å². The van der Waals surface area contributed by atoms with E-state index in [0.29, 0.717) is 0 Å². The first-order chi connectivity index (χ1) is 11.8. The molecule has 0 aliphatic carbocycles. The number of benzene rings is 2. The third kappa shape index (κ3) is 5.60. The van der Waals surface area contributed by atoms with Gasteiger partial charge in [-0.3, -0.25) is 4.79 Å². The molecule has 2 aromatic rings. The third-order valence-electron chi connectivity index (χ3n) is 3.84. The van der Waals surface area contributed by atoms with Crippen molar-refractivity contribution in [2.45, 2.75) is 32.7 Å². The Morgan fingerprint density at radius 1 is 1.08 bits per heavy atom. The van der Waals surface area contributed by atoms with E-state index in [-0.39, 0.29) is 23.4 Å². The van der Waals surface area contributed by atoms with Gasteiger partial charge < -0.3 is 10.4 Å². The minimum atomic E-state index is -0.980. The summed E-state index contributed by atoms with van der Waals surface area (Å²) in [6.45, 7) is 6.76. The van der Waals surface area contributed by atoms with Crippen molar-refractivity contribution in [3.63, 3.8) is 0 Å². The lowest BCUT2D eigenvalue weighted by atomic mass is 9.87. The van der Waals surface area contributed by atoms with Crippen LogP contribution in [-0.2, 0) is 16.8 Å². The fourth-order valence-electron chi connectivity index (χ4n) is 2.33. The van der Waals surface area contributed by atoms with Crippen LogP contribution < -0.4 is 5.32 Å². The largest absolute Gasteiger partial charge is 0.478 e. The molecule has 2 rings (SSSR count). The molecule has 2 aromatic carbocycles. The molecule has 0 fully saturated rings. The molecule has 0 radical (unpaired) electrons. The molecule has 0 heterocycles. The van der Waals surface area contributed by atoms with Gasteiger partial charge in [-0.1, -0.05) is 57.2 Å². The maximum atomic E-state index is 11.9. The van der Waals surface area contributed by atoms with Gasteiger partial charge in [0, 0.05) is 12.6 Å². The molecular weight excluding hydrogens is 314 g/mol. The summed E-state index contributed by atoms with van der Waals surface area (Å²) in [7, 11) is 0. The van der Waals surface area contributed by atoms with Crippen LogP contribution in [0.3, 0.4) is 0 Å². The van der Waals surface area contributed by atoms with E-state index in [0.717, 1.165) is 11.1 Å². The molecule has 0 bridgehead atoms. The molecule has 1 amide bonds. The van der Waals surface area contributed by atoms with Crippen molar-refractivity contribution in [1.29, 1.82) is 0 Å². The predicted molar refractivity (Wildman–Crippen MR) is 99.4 cm³/mol. The number of hydrogen-bond acceptors (Lipinski definition) is 2. The van der Waals surface area contributed by atoms with Crippen molar-refractivity contribution in [1.82, 2.24) is 5.32 Å². The predicted octanol–water partition coefficient (Wildman–Crippen LogP) is 4.01. The van der Waals surface area contributed by atoms with E-state index >= 15 is 0 Å². The molecule has 0 unspecified atom stereocenters. The van der Waals surface area contributed by atoms with Crippen LogP contribution in [0.2, 0.25) is 0 Å². The second kappa shape index (κ2) is 7.79. The first-order valence-electron chi connectivity index (χ1n) is 8.14. The van der Waals surface area contributed by atoms with E-state index in [1.54, 1.807) is 24.3 Å². The molecular formula is C21H23NO3. The Balaban J connectivity index is 1.92. The van der Waals surface area contributed by atoms with Crippen LogP contribution in [-0.4, -0.2) is 17.0 Å². The molecule has 0 saturated heterocycles. The normalized spacial score (nSPS) is 11.5. The van der Waals surface area contributed by atoms with Crippen molar-refractivity contribution >= 4 is 18.0 Å². The van der Waals surface area contributed by atoms with E-state index in [9.17, 15) is 9.59 Å². The number of hydrogen-bond donors (Lipinski definition) is 2. The van der Waals surface area contributed by atoms with E-state index in [1.807, 2.05) is 12.1 Å². The van der Waals surface area contributed by atoms with Crippen molar-refractivity contribution in [2.24, 2.45) is 0 Å². The standard InChI is InChI=1S/C21H23NO3/c1-21(2,3)18-10-7-15(8-11-18)9-12-19(23)22-14-16-5-4-6-17(13-16)20(24)25/h4-13H,14H2,1-3H3,(H,22,23)(H,24,25)/b12-9+. The maximum absolute atomic E-state index is 11.9. The Bertz CT molecular complexity index is 784. The molecule has 0 spiro atoms. The van der Waals surface area contributed by atoms with Gasteiger partial charge in [-0.25, -0.2) is 4.79 Å². The monoisotopic (exact) mass is 337 g/mol. The zero-order valence-corrected chi connectivity index (χ0v) is 14.7. The first-order valence-corrected chi connectivity index (χ1v) is 8.14. The van der Waals surface area contributed by atoms with Gasteiger partial charge >= 0.3 is 5.97 Å². The lowest BCUT2D eigenvalue weighted by molar-refractivity contribution is -0.116. The van der Waals surface area contributed by atoms with E-state index in [4.69, 9.17) is 5.11 Å². The summed E-state index contributed by atoms with van der Waals surface area (Å²) in [5.74, 6) is -1.20. The second-order valence-electron chi connectivity index (χ2n) is 6.93. The van der Waals surface area contributed by atoms with Crippen molar-refractivity contribution in [3.8, 4) is 0 Å². The van der Waals surface area contributed by atoms with Gasteiger partial charge in [0.15, 0.2) is 0 Å². The second-order valence-corrected chi connectivity index (χ2v) is 6.93. The summed E-state index contributed by atoms with van der Waals surface area (Å²) < 4.78 is 0. The molecule has 130 valence electrons. The quantitative estimate of drug-likeness (QED) is 0.810. The lowest BCUT2D eigenvalue weighted by Gasteiger charge is -2.18. The summed E-state index contributed by atoms with van der Waals surface area (Å²) in [6, 6.07) is 14.6. The SMILES string of the molecule is CC(C)(C)c1ccc(/C=C/C(=O)NCc2cccc(C(=O)O)c2)cc1.